The van der Waals surface area contributed by atoms with Crippen molar-refractivity contribution in [3.8, 4) is 0 Å². The third-order valence-corrected chi connectivity index (χ3v) is 9.68. The molecule has 0 saturated heterocycles. The molecule has 0 fully saturated rings. The van der Waals surface area contributed by atoms with E-state index in [-0.39, 0.29) is 24.2 Å². The Morgan fingerprint density at radius 3 is 1.69 bits per heavy atom. The van der Waals surface area contributed by atoms with Gasteiger partial charge in [0.05, 0.1) is 25.6 Å². The third kappa shape index (κ3) is 19.7. The SMILES string of the molecule is CCCCCCC[C@@H](CCOC[C@@H]1COC(c2ccccc2)=N1)N=[N+]=[N-].CCCCCCC[C@H](CCOC[C@@H]1COC(c2ccccc2)=N1)OS(C)(=O)=O. The molecule has 2 heterocycles. The van der Waals surface area contributed by atoms with Crippen molar-refractivity contribution in [1.29, 1.82) is 0 Å². The average Bonchev–Trinajstić information content (AvgIpc) is 3.86. The van der Waals surface area contributed by atoms with Crippen LogP contribution in [0.3, 0.4) is 0 Å². The Kier molecular flexibility index (Phi) is 22.6. The molecule has 4 rings (SSSR count). The largest absolute Gasteiger partial charge is 0.475 e. The molecule has 0 amide bonds. The van der Waals surface area contributed by atoms with Crippen molar-refractivity contribution in [3.63, 3.8) is 0 Å². The Bertz CT molecular complexity index is 1500. The lowest BCUT2D eigenvalue weighted by Gasteiger charge is -2.16. The summed E-state index contributed by atoms with van der Waals surface area (Å²) in [5, 5.41) is 3.91. The van der Waals surface area contributed by atoms with E-state index in [2.05, 4.69) is 33.9 Å². The fraction of sp³-hybridized carbons (Fsp3) is 0.659. The molecule has 300 valence electrons. The zero-order valence-electron chi connectivity index (χ0n) is 32.7. The highest BCUT2D eigenvalue weighted by atomic mass is 32.2. The Labute approximate surface area is 323 Å². The zero-order valence-corrected chi connectivity index (χ0v) is 33.5. The van der Waals surface area contributed by atoms with Crippen molar-refractivity contribution < 1.29 is 31.5 Å². The van der Waals surface area contributed by atoms with Gasteiger partial charge >= 0.3 is 0 Å². The molecule has 12 nitrogen and oxygen atoms in total. The third-order valence-electron chi connectivity index (χ3n) is 9.06. The molecule has 2 aromatic carbocycles. The van der Waals surface area contributed by atoms with Crippen LogP contribution in [0.15, 0.2) is 75.8 Å². The van der Waals surface area contributed by atoms with E-state index in [0.29, 0.717) is 57.9 Å². The number of ether oxygens (including phenoxy) is 4. The number of azide groups is 1. The van der Waals surface area contributed by atoms with Crippen LogP contribution < -0.4 is 0 Å². The summed E-state index contributed by atoms with van der Waals surface area (Å²) < 4.78 is 51.0. The quantitative estimate of drug-likeness (QED) is 0.0289. The lowest BCUT2D eigenvalue weighted by atomic mass is 10.1. The van der Waals surface area contributed by atoms with Gasteiger partial charge in [0, 0.05) is 35.3 Å². The molecule has 0 radical (unpaired) electrons. The van der Waals surface area contributed by atoms with E-state index in [1.165, 1.54) is 44.9 Å². The number of rotatable bonds is 27. The maximum atomic E-state index is 11.5. The van der Waals surface area contributed by atoms with Crippen molar-refractivity contribution in [2.45, 2.75) is 128 Å². The first kappa shape index (κ1) is 44.9. The van der Waals surface area contributed by atoms with Gasteiger partial charge in [-0.2, -0.15) is 8.42 Å². The highest BCUT2D eigenvalue weighted by Crippen LogP contribution is 2.17. The van der Waals surface area contributed by atoms with Gasteiger partial charge in [-0.05, 0) is 55.5 Å². The summed E-state index contributed by atoms with van der Waals surface area (Å²) in [7, 11) is -3.46. The van der Waals surface area contributed by atoms with Gasteiger partial charge in [-0.25, -0.2) is 9.98 Å². The van der Waals surface area contributed by atoms with Crippen molar-refractivity contribution >= 4 is 21.9 Å². The summed E-state index contributed by atoms with van der Waals surface area (Å²) in [6.07, 6.45) is 15.6. The molecule has 2 aromatic rings. The number of benzene rings is 2. The topological polar surface area (TPSA) is 154 Å². The van der Waals surface area contributed by atoms with Crippen LogP contribution in [-0.4, -0.2) is 90.3 Å². The van der Waals surface area contributed by atoms with Crippen LogP contribution in [0.25, 0.3) is 10.4 Å². The van der Waals surface area contributed by atoms with Gasteiger partial charge in [-0.1, -0.05) is 120 Å². The minimum Gasteiger partial charge on any atom is -0.475 e. The summed E-state index contributed by atoms with van der Waals surface area (Å²) in [5.41, 5.74) is 10.7. The molecule has 4 atom stereocenters. The Morgan fingerprint density at radius 2 is 1.20 bits per heavy atom. The van der Waals surface area contributed by atoms with E-state index >= 15 is 0 Å². The summed E-state index contributed by atoms with van der Waals surface area (Å²) in [5.74, 6) is 1.35. The van der Waals surface area contributed by atoms with E-state index in [9.17, 15) is 8.42 Å². The van der Waals surface area contributed by atoms with Crippen LogP contribution >= 0.6 is 0 Å². The average molecular weight is 770 g/mol. The van der Waals surface area contributed by atoms with E-state index in [0.717, 1.165) is 55.9 Å². The van der Waals surface area contributed by atoms with Gasteiger partial charge in [0.2, 0.25) is 11.8 Å². The molecular weight excluding hydrogens is 707 g/mol. The maximum Gasteiger partial charge on any atom is 0.264 e. The molecule has 0 N–H and O–H groups in total. The van der Waals surface area contributed by atoms with Crippen LogP contribution in [0, 0.1) is 0 Å². The summed E-state index contributed by atoms with van der Waals surface area (Å²) in [4.78, 5) is 12.1. The molecule has 2 aliphatic rings. The molecule has 0 bridgehead atoms. The lowest BCUT2D eigenvalue weighted by Crippen LogP contribution is -2.21. The zero-order chi connectivity index (χ0) is 38.7. The van der Waals surface area contributed by atoms with E-state index in [1.807, 2.05) is 60.7 Å². The second-order valence-electron chi connectivity index (χ2n) is 13.9. The smallest absolute Gasteiger partial charge is 0.264 e. The molecule has 0 aromatic heterocycles. The van der Waals surface area contributed by atoms with Gasteiger partial charge in [0.1, 0.15) is 25.3 Å². The van der Waals surface area contributed by atoms with Gasteiger partial charge in [-0.3, -0.25) is 4.18 Å². The molecule has 0 aliphatic carbocycles. The molecular formula is C41H63N5O7S. The fourth-order valence-corrected chi connectivity index (χ4v) is 6.82. The first-order valence-electron chi connectivity index (χ1n) is 19.9. The molecule has 0 spiro atoms. The molecule has 13 heteroatoms. The molecule has 54 heavy (non-hydrogen) atoms. The predicted molar refractivity (Wildman–Crippen MR) is 216 cm³/mol. The Hall–Kier alpha value is -3.48. The van der Waals surface area contributed by atoms with Crippen molar-refractivity contribution in [1.82, 2.24) is 0 Å². The number of hydrogen-bond acceptors (Lipinski definition) is 10. The van der Waals surface area contributed by atoms with Gasteiger partial charge < -0.3 is 18.9 Å². The summed E-state index contributed by atoms with van der Waals surface area (Å²) in [6, 6.07) is 19.8. The van der Waals surface area contributed by atoms with E-state index < -0.39 is 10.1 Å². The number of nitrogens with zero attached hydrogens (tertiary/aromatic N) is 5. The first-order valence-corrected chi connectivity index (χ1v) is 21.7. The van der Waals surface area contributed by atoms with Crippen molar-refractivity contribution in [3.05, 3.63) is 82.2 Å². The van der Waals surface area contributed by atoms with E-state index in [4.69, 9.17) is 28.7 Å². The van der Waals surface area contributed by atoms with E-state index in [1.54, 1.807) is 0 Å². The molecule has 0 unspecified atom stereocenters. The predicted octanol–water partition coefficient (Wildman–Crippen LogP) is 9.22. The molecule has 2 aliphatic heterocycles. The second kappa shape index (κ2) is 27.2. The van der Waals surface area contributed by atoms with Crippen LogP contribution in [0.4, 0.5) is 0 Å². The number of hydrogen-bond donors (Lipinski definition) is 0. The number of aliphatic imine (C=N–C) groups is 2. The van der Waals surface area contributed by atoms with Gasteiger partial charge in [0.25, 0.3) is 10.1 Å². The summed E-state index contributed by atoms with van der Waals surface area (Å²) >= 11 is 0. The second-order valence-corrected chi connectivity index (χ2v) is 15.5. The van der Waals surface area contributed by atoms with Crippen molar-refractivity contribution in [2.75, 3.05) is 45.9 Å². The standard InChI is InChI=1S/C21H33NO5S.C20H30N4O2/c1-3-4-5-6-10-13-20(27-28(2,23)24)14-15-25-16-19-17-26-21(22-19)18-11-8-7-9-12-18;1-2-3-4-5-9-12-18(23-24-21)13-14-25-15-19-16-26-20(22-19)17-10-7-6-8-11-17/h7-9,11-12,19-20H,3-6,10,13-17H2,1-2H3;6-8,10-11,18-19H,2-5,9,12-16H2,1H3/t19-,20-;18-,19+/m10/s1. The number of unbranched alkanes of at least 4 members (excludes halogenated alkanes) is 8. The first-order chi connectivity index (χ1) is 26.3. The monoisotopic (exact) mass is 769 g/mol. The van der Waals surface area contributed by atoms with Gasteiger partial charge in [-0.15, -0.1) is 0 Å². The molecule has 0 saturated carbocycles. The lowest BCUT2D eigenvalue weighted by molar-refractivity contribution is 0.0789. The summed E-state index contributed by atoms with van der Waals surface area (Å²) in [6.45, 7) is 7.48. The van der Waals surface area contributed by atoms with Crippen LogP contribution in [0.1, 0.15) is 115 Å². The minimum atomic E-state index is -3.46. The normalized spacial score (nSPS) is 17.6. The minimum absolute atomic E-state index is 0.0291. The highest BCUT2D eigenvalue weighted by molar-refractivity contribution is 7.86. The van der Waals surface area contributed by atoms with Crippen LogP contribution in [0.2, 0.25) is 0 Å². The maximum absolute atomic E-state index is 11.5. The van der Waals surface area contributed by atoms with Crippen LogP contribution in [0.5, 0.6) is 0 Å². The highest BCUT2D eigenvalue weighted by Gasteiger charge is 2.22. The fourth-order valence-electron chi connectivity index (χ4n) is 6.13. The Morgan fingerprint density at radius 1 is 0.722 bits per heavy atom. The van der Waals surface area contributed by atoms with Gasteiger partial charge in [0.15, 0.2) is 0 Å². The van der Waals surface area contributed by atoms with Crippen LogP contribution in [-0.2, 0) is 33.2 Å². The van der Waals surface area contributed by atoms with Crippen molar-refractivity contribution in [2.24, 2.45) is 15.1 Å². The Balaban J connectivity index is 0.000000291.